The first-order valence-electron chi connectivity index (χ1n) is 7.84. The molecule has 22 heavy (non-hydrogen) atoms. The van der Waals surface area contributed by atoms with Gasteiger partial charge in [0.05, 0.1) is 13.2 Å². The molecule has 0 saturated carbocycles. The molecule has 2 nitrogen and oxygen atoms in total. The van der Waals surface area contributed by atoms with E-state index < -0.39 is 0 Å². The highest BCUT2D eigenvalue weighted by molar-refractivity contribution is 5.45. The predicted octanol–water partition coefficient (Wildman–Crippen LogP) is 3.52. The predicted molar refractivity (Wildman–Crippen MR) is 90.0 cm³/mol. The largest absolute Gasteiger partial charge is 0.493 e. The molecule has 0 amide bonds. The lowest BCUT2D eigenvalue weighted by atomic mass is 10.1. The van der Waals surface area contributed by atoms with E-state index in [2.05, 4.69) is 53.7 Å². The van der Waals surface area contributed by atoms with Gasteiger partial charge in [0.25, 0.3) is 0 Å². The second-order valence-electron chi connectivity index (χ2n) is 5.58. The van der Waals surface area contributed by atoms with E-state index in [1.165, 1.54) is 16.7 Å². The summed E-state index contributed by atoms with van der Waals surface area (Å²) in [6.45, 7) is 1.33. The molecule has 0 aliphatic heterocycles. The maximum Gasteiger partial charge on any atom is 0.122 e. The third-order valence-electron chi connectivity index (χ3n) is 4.17. The molecule has 1 N–H and O–H groups in total. The molecular weight excluding hydrogens is 270 g/mol. The summed E-state index contributed by atoms with van der Waals surface area (Å²) in [4.78, 5) is 0. The number of hydrogen-bond acceptors (Lipinski definition) is 2. The first kappa shape index (κ1) is 14.7. The van der Waals surface area contributed by atoms with Crippen molar-refractivity contribution in [3.63, 3.8) is 0 Å². The first-order chi connectivity index (χ1) is 10.9. The van der Waals surface area contributed by atoms with Gasteiger partial charge in [0.2, 0.25) is 0 Å². The molecule has 0 bridgehead atoms. The highest BCUT2D eigenvalue weighted by atomic mass is 16.5. The van der Waals surface area contributed by atoms with Crippen molar-refractivity contribution in [3.8, 4) is 18.1 Å². The topological polar surface area (TPSA) is 21.3 Å². The minimum Gasteiger partial charge on any atom is -0.493 e. The van der Waals surface area contributed by atoms with Crippen molar-refractivity contribution in [2.75, 3.05) is 13.2 Å². The molecule has 1 aliphatic carbocycles. The SMILES string of the molecule is C#CCNC1CCc2c(OCCc3ccccc3)cccc21. The number of rotatable bonds is 6. The summed E-state index contributed by atoms with van der Waals surface area (Å²) in [5.41, 5.74) is 3.99. The summed E-state index contributed by atoms with van der Waals surface area (Å²) in [6.07, 6.45) is 8.42. The van der Waals surface area contributed by atoms with E-state index in [0.717, 1.165) is 25.0 Å². The Balaban J connectivity index is 1.63. The van der Waals surface area contributed by atoms with E-state index in [0.29, 0.717) is 19.2 Å². The Hall–Kier alpha value is -2.24. The fourth-order valence-corrected chi connectivity index (χ4v) is 3.07. The van der Waals surface area contributed by atoms with Gasteiger partial charge in [-0.05, 0) is 35.6 Å². The van der Waals surface area contributed by atoms with Crippen molar-refractivity contribution < 1.29 is 4.74 Å². The summed E-state index contributed by atoms with van der Waals surface area (Å²) < 4.78 is 6.04. The molecule has 2 aromatic rings. The summed E-state index contributed by atoms with van der Waals surface area (Å²) >= 11 is 0. The molecule has 0 spiro atoms. The van der Waals surface area contributed by atoms with Crippen LogP contribution in [-0.2, 0) is 12.8 Å². The fourth-order valence-electron chi connectivity index (χ4n) is 3.07. The van der Waals surface area contributed by atoms with Crippen LogP contribution < -0.4 is 10.1 Å². The van der Waals surface area contributed by atoms with Crippen molar-refractivity contribution >= 4 is 0 Å². The Bertz CT molecular complexity index is 657. The Labute approximate surface area is 132 Å². The second kappa shape index (κ2) is 7.15. The van der Waals surface area contributed by atoms with E-state index in [1.54, 1.807) is 0 Å². The summed E-state index contributed by atoms with van der Waals surface area (Å²) in [6, 6.07) is 17.1. The maximum absolute atomic E-state index is 6.04. The Kier molecular flexibility index (Phi) is 4.78. The van der Waals surface area contributed by atoms with Gasteiger partial charge in [-0.1, -0.05) is 48.4 Å². The van der Waals surface area contributed by atoms with Gasteiger partial charge in [-0.25, -0.2) is 0 Å². The second-order valence-corrected chi connectivity index (χ2v) is 5.58. The number of hydrogen-bond donors (Lipinski definition) is 1. The van der Waals surface area contributed by atoms with Crippen LogP contribution in [0, 0.1) is 12.3 Å². The molecule has 1 aliphatic rings. The lowest BCUT2D eigenvalue weighted by Gasteiger charge is -2.14. The van der Waals surface area contributed by atoms with Gasteiger partial charge in [-0.2, -0.15) is 0 Å². The highest BCUT2D eigenvalue weighted by Crippen LogP contribution is 2.36. The van der Waals surface area contributed by atoms with Gasteiger partial charge in [0.15, 0.2) is 0 Å². The van der Waals surface area contributed by atoms with Gasteiger partial charge in [0.1, 0.15) is 5.75 Å². The van der Waals surface area contributed by atoms with Gasteiger partial charge in [-0.3, -0.25) is 5.32 Å². The van der Waals surface area contributed by atoms with Crippen LogP contribution in [0.15, 0.2) is 48.5 Å². The molecular formula is C20H21NO. The van der Waals surface area contributed by atoms with E-state index in [1.807, 2.05) is 6.07 Å². The molecule has 0 fully saturated rings. The third-order valence-corrected chi connectivity index (χ3v) is 4.17. The van der Waals surface area contributed by atoms with Crippen LogP contribution in [0.1, 0.15) is 29.2 Å². The van der Waals surface area contributed by atoms with Crippen LogP contribution in [0.4, 0.5) is 0 Å². The van der Waals surface area contributed by atoms with Crippen LogP contribution in [0.25, 0.3) is 0 Å². The number of fused-ring (bicyclic) bond motifs is 1. The van der Waals surface area contributed by atoms with Crippen LogP contribution in [0.5, 0.6) is 5.75 Å². The van der Waals surface area contributed by atoms with Crippen molar-refractivity contribution in [3.05, 3.63) is 65.2 Å². The van der Waals surface area contributed by atoms with Crippen LogP contribution >= 0.6 is 0 Å². The van der Waals surface area contributed by atoms with Crippen LogP contribution in [0.2, 0.25) is 0 Å². The minimum atomic E-state index is 0.365. The molecule has 2 heteroatoms. The highest BCUT2D eigenvalue weighted by Gasteiger charge is 2.24. The number of nitrogens with one attached hydrogen (secondary N) is 1. The van der Waals surface area contributed by atoms with Gasteiger partial charge < -0.3 is 4.74 Å². The van der Waals surface area contributed by atoms with Gasteiger partial charge in [-0.15, -0.1) is 6.42 Å². The molecule has 0 saturated heterocycles. The molecule has 112 valence electrons. The molecule has 1 atom stereocenters. The zero-order valence-corrected chi connectivity index (χ0v) is 12.7. The monoisotopic (exact) mass is 291 g/mol. The number of terminal acetylenes is 1. The molecule has 0 heterocycles. The Morgan fingerprint density at radius 2 is 2.00 bits per heavy atom. The van der Waals surface area contributed by atoms with Crippen molar-refractivity contribution in [2.24, 2.45) is 0 Å². The lowest BCUT2D eigenvalue weighted by Crippen LogP contribution is -2.19. The quantitative estimate of drug-likeness (QED) is 0.822. The molecule has 1 unspecified atom stereocenters. The zero-order valence-electron chi connectivity index (χ0n) is 12.7. The van der Waals surface area contributed by atoms with Gasteiger partial charge >= 0.3 is 0 Å². The zero-order chi connectivity index (χ0) is 15.2. The molecule has 0 radical (unpaired) electrons. The number of benzene rings is 2. The number of ether oxygens (including phenoxy) is 1. The van der Waals surface area contributed by atoms with Crippen molar-refractivity contribution in [1.82, 2.24) is 5.32 Å². The fraction of sp³-hybridized carbons (Fsp3) is 0.300. The first-order valence-corrected chi connectivity index (χ1v) is 7.84. The van der Waals surface area contributed by atoms with E-state index in [-0.39, 0.29) is 0 Å². The van der Waals surface area contributed by atoms with Crippen LogP contribution in [-0.4, -0.2) is 13.2 Å². The average Bonchev–Trinajstić information content (AvgIpc) is 2.98. The molecule has 0 aromatic heterocycles. The lowest BCUT2D eigenvalue weighted by molar-refractivity contribution is 0.319. The molecule has 2 aromatic carbocycles. The van der Waals surface area contributed by atoms with Crippen LogP contribution in [0.3, 0.4) is 0 Å². The Morgan fingerprint density at radius 1 is 1.14 bits per heavy atom. The van der Waals surface area contributed by atoms with Crippen molar-refractivity contribution in [1.29, 1.82) is 0 Å². The smallest absolute Gasteiger partial charge is 0.122 e. The average molecular weight is 291 g/mol. The van der Waals surface area contributed by atoms with E-state index in [9.17, 15) is 0 Å². The Morgan fingerprint density at radius 3 is 2.82 bits per heavy atom. The normalized spacial score (nSPS) is 16.0. The minimum absolute atomic E-state index is 0.365. The summed E-state index contributed by atoms with van der Waals surface area (Å²) in [5.74, 6) is 3.68. The van der Waals surface area contributed by atoms with E-state index in [4.69, 9.17) is 11.2 Å². The molecule has 3 rings (SSSR count). The van der Waals surface area contributed by atoms with Crippen molar-refractivity contribution in [2.45, 2.75) is 25.3 Å². The summed E-state index contributed by atoms with van der Waals surface area (Å²) in [5, 5.41) is 3.40. The standard InChI is InChI=1S/C20H21NO/c1-2-14-21-19-12-11-18-17(19)9-6-10-20(18)22-15-13-16-7-4-3-5-8-16/h1,3-10,19,21H,11-15H2. The van der Waals surface area contributed by atoms with E-state index >= 15 is 0 Å². The van der Waals surface area contributed by atoms with Gasteiger partial charge in [0, 0.05) is 12.5 Å². The third kappa shape index (κ3) is 3.32. The maximum atomic E-state index is 6.04. The summed E-state index contributed by atoms with van der Waals surface area (Å²) in [7, 11) is 0.